The summed E-state index contributed by atoms with van der Waals surface area (Å²) in [7, 11) is -3.52. The van der Waals surface area contributed by atoms with Crippen molar-refractivity contribution in [2.45, 2.75) is 65.6 Å². The van der Waals surface area contributed by atoms with Crippen LogP contribution in [0.15, 0.2) is 53.0 Å². The molecule has 9 heteroatoms. The number of nitrogens with zero attached hydrogens (tertiary/aromatic N) is 2. The van der Waals surface area contributed by atoms with E-state index in [1.165, 1.54) is 10.6 Å². The molecule has 0 saturated heterocycles. The smallest absolute Gasteiger partial charge is 0.242 e. The highest BCUT2D eigenvalue weighted by atomic mass is 79.9. The number of amides is 2. The largest absolute Gasteiger partial charge is 0.350 e. The molecule has 0 aliphatic carbocycles. The highest BCUT2D eigenvalue weighted by molar-refractivity contribution is 9.10. The first-order chi connectivity index (χ1) is 16.2. The molecule has 2 aromatic carbocycles. The first kappa shape index (κ1) is 28.8. The molecule has 7 nitrogen and oxygen atoms in total. The molecule has 35 heavy (non-hydrogen) atoms. The van der Waals surface area contributed by atoms with Gasteiger partial charge in [-0.3, -0.25) is 13.9 Å². The maximum atomic E-state index is 13.3. The van der Waals surface area contributed by atoms with E-state index in [0.717, 1.165) is 15.6 Å². The molecule has 0 heterocycles. The van der Waals surface area contributed by atoms with Gasteiger partial charge in [0, 0.05) is 29.5 Å². The molecule has 0 aromatic heterocycles. The molecule has 0 unspecified atom stereocenters. The van der Waals surface area contributed by atoms with Gasteiger partial charge in [-0.15, -0.1) is 0 Å². The number of carbonyl (C=O) groups is 2. The minimum absolute atomic E-state index is 0.113. The Morgan fingerprint density at radius 3 is 2.20 bits per heavy atom. The van der Waals surface area contributed by atoms with Crippen LogP contribution in [0.2, 0.25) is 0 Å². The fourth-order valence-corrected chi connectivity index (χ4v) is 4.96. The fourth-order valence-electron chi connectivity index (χ4n) is 3.67. The summed E-state index contributed by atoms with van der Waals surface area (Å²) in [6.45, 7) is 9.70. The highest BCUT2D eigenvalue weighted by Gasteiger charge is 2.28. The Bertz CT molecular complexity index is 1130. The van der Waals surface area contributed by atoms with E-state index >= 15 is 0 Å². The standard InChI is InChI=1S/C26H36BrN3O4S/c1-19-10-7-8-11-23(19)30(35(6,33)34)17-9-12-24(31)29(18-21-13-15-22(27)16-14-21)20(2)25(32)28-26(3,4)5/h7-8,10-11,13-16,20H,9,12,17-18H2,1-6H3,(H,28,32)/t20-/m0/s1. The number of hydrogen-bond acceptors (Lipinski definition) is 4. The van der Waals surface area contributed by atoms with Crippen LogP contribution in [0.5, 0.6) is 0 Å². The van der Waals surface area contributed by atoms with Crippen molar-refractivity contribution in [3.63, 3.8) is 0 Å². The Labute approximate surface area is 218 Å². The SMILES string of the molecule is Cc1ccccc1N(CCCC(=O)N(Cc1ccc(Br)cc1)[C@@H](C)C(=O)NC(C)(C)C)S(C)(=O)=O. The van der Waals surface area contributed by atoms with E-state index < -0.39 is 21.6 Å². The van der Waals surface area contributed by atoms with E-state index in [2.05, 4.69) is 21.2 Å². The third-order valence-electron chi connectivity index (χ3n) is 5.47. The van der Waals surface area contributed by atoms with Crippen LogP contribution in [0.3, 0.4) is 0 Å². The summed E-state index contributed by atoms with van der Waals surface area (Å²) in [4.78, 5) is 27.8. The number of halogens is 1. The van der Waals surface area contributed by atoms with Gasteiger partial charge >= 0.3 is 0 Å². The molecule has 0 bridgehead atoms. The zero-order chi connectivity index (χ0) is 26.4. The van der Waals surface area contributed by atoms with E-state index in [1.807, 2.05) is 64.1 Å². The number of hydrogen-bond donors (Lipinski definition) is 1. The number of nitrogens with one attached hydrogen (secondary N) is 1. The minimum atomic E-state index is -3.52. The molecule has 2 rings (SSSR count). The fraction of sp³-hybridized carbons (Fsp3) is 0.462. The van der Waals surface area contributed by atoms with Gasteiger partial charge in [0.15, 0.2) is 0 Å². The topological polar surface area (TPSA) is 86.8 Å². The van der Waals surface area contributed by atoms with Gasteiger partial charge in [-0.05, 0) is 70.4 Å². The number of rotatable bonds is 10. The average molecular weight is 567 g/mol. The summed E-state index contributed by atoms with van der Waals surface area (Å²) in [5, 5.41) is 2.94. The Balaban J connectivity index is 2.19. The van der Waals surface area contributed by atoms with Crippen molar-refractivity contribution in [3.05, 3.63) is 64.1 Å². The number of aryl methyl sites for hydroxylation is 1. The molecule has 1 atom stereocenters. The van der Waals surface area contributed by atoms with E-state index in [1.54, 1.807) is 24.0 Å². The van der Waals surface area contributed by atoms with Crippen molar-refractivity contribution >= 4 is 43.5 Å². The lowest BCUT2D eigenvalue weighted by atomic mass is 10.1. The molecule has 192 valence electrons. The predicted molar refractivity (Wildman–Crippen MR) is 145 cm³/mol. The van der Waals surface area contributed by atoms with Crippen LogP contribution in [-0.2, 0) is 26.2 Å². The lowest BCUT2D eigenvalue weighted by molar-refractivity contribution is -0.141. The Kier molecular flexibility index (Phi) is 9.92. The third kappa shape index (κ3) is 8.96. The van der Waals surface area contributed by atoms with E-state index in [4.69, 9.17) is 0 Å². The van der Waals surface area contributed by atoms with Gasteiger partial charge in [0.05, 0.1) is 11.9 Å². The Morgan fingerprint density at radius 1 is 1.06 bits per heavy atom. The number of carbonyl (C=O) groups excluding carboxylic acids is 2. The molecule has 0 spiro atoms. The minimum Gasteiger partial charge on any atom is -0.350 e. The van der Waals surface area contributed by atoms with Gasteiger partial charge in [-0.2, -0.15) is 0 Å². The Morgan fingerprint density at radius 2 is 1.66 bits per heavy atom. The average Bonchev–Trinajstić information content (AvgIpc) is 2.74. The van der Waals surface area contributed by atoms with Crippen molar-refractivity contribution < 1.29 is 18.0 Å². The first-order valence-electron chi connectivity index (χ1n) is 11.6. The van der Waals surface area contributed by atoms with Crippen LogP contribution >= 0.6 is 15.9 Å². The molecule has 0 aliphatic rings. The zero-order valence-electron chi connectivity index (χ0n) is 21.3. The van der Waals surface area contributed by atoms with Crippen LogP contribution in [0.1, 0.15) is 51.7 Å². The van der Waals surface area contributed by atoms with Crippen LogP contribution in [0.4, 0.5) is 5.69 Å². The van der Waals surface area contributed by atoms with Crippen LogP contribution in [-0.4, -0.2) is 49.5 Å². The van der Waals surface area contributed by atoms with Crippen LogP contribution in [0.25, 0.3) is 0 Å². The summed E-state index contributed by atoms with van der Waals surface area (Å²) in [6, 6.07) is 14.2. The summed E-state index contributed by atoms with van der Waals surface area (Å²) in [5.41, 5.74) is 1.91. The van der Waals surface area contributed by atoms with Crippen molar-refractivity contribution in [1.82, 2.24) is 10.2 Å². The van der Waals surface area contributed by atoms with Gasteiger partial charge in [0.2, 0.25) is 21.8 Å². The summed E-state index contributed by atoms with van der Waals surface area (Å²) >= 11 is 3.42. The quantitative estimate of drug-likeness (QED) is 0.454. The molecule has 0 saturated carbocycles. The molecule has 1 N–H and O–H groups in total. The van der Waals surface area contributed by atoms with Crippen molar-refractivity contribution in [2.24, 2.45) is 0 Å². The second kappa shape index (κ2) is 12.0. The van der Waals surface area contributed by atoms with Gasteiger partial charge in [0.25, 0.3) is 0 Å². The molecule has 0 radical (unpaired) electrons. The number of benzene rings is 2. The van der Waals surface area contributed by atoms with Gasteiger partial charge in [-0.25, -0.2) is 8.42 Å². The molecular formula is C26H36BrN3O4S. The van der Waals surface area contributed by atoms with Crippen molar-refractivity contribution in [3.8, 4) is 0 Å². The molecule has 2 aromatic rings. The summed E-state index contributed by atoms with van der Waals surface area (Å²) in [5.74, 6) is -0.441. The summed E-state index contributed by atoms with van der Waals surface area (Å²) < 4.78 is 27.2. The number of sulfonamides is 1. The third-order valence-corrected chi connectivity index (χ3v) is 7.18. The number of anilines is 1. The maximum Gasteiger partial charge on any atom is 0.242 e. The predicted octanol–water partition coefficient (Wildman–Crippen LogP) is 4.64. The molecule has 0 fully saturated rings. The lowest BCUT2D eigenvalue weighted by Gasteiger charge is -2.32. The van der Waals surface area contributed by atoms with Gasteiger partial charge in [-0.1, -0.05) is 46.3 Å². The maximum absolute atomic E-state index is 13.3. The summed E-state index contributed by atoms with van der Waals surface area (Å²) in [6.07, 6.45) is 1.60. The van der Waals surface area contributed by atoms with Crippen molar-refractivity contribution in [2.75, 3.05) is 17.1 Å². The molecular weight excluding hydrogens is 530 g/mol. The molecule has 0 aliphatic heterocycles. The van der Waals surface area contributed by atoms with Gasteiger partial charge in [0.1, 0.15) is 6.04 Å². The number of para-hydroxylation sites is 1. The van der Waals surface area contributed by atoms with E-state index in [0.29, 0.717) is 12.1 Å². The second-order valence-electron chi connectivity index (χ2n) is 9.79. The zero-order valence-corrected chi connectivity index (χ0v) is 23.7. The van der Waals surface area contributed by atoms with Crippen LogP contribution in [0, 0.1) is 6.92 Å². The monoisotopic (exact) mass is 565 g/mol. The van der Waals surface area contributed by atoms with E-state index in [9.17, 15) is 18.0 Å². The first-order valence-corrected chi connectivity index (χ1v) is 14.2. The normalized spacial score (nSPS) is 12.7. The lowest BCUT2D eigenvalue weighted by Crippen LogP contribution is -2.52. The van der Waals surface area contributed by atoms with Crippen molar-refractivity contribution in [1.29, 1.82) is 0 Å². The Hall–Kier alpha value is -2.39. The van der Waals surface area contributed by atoms with E-state index in [-0.39, 0.29) is 31.3 Å². The van der Waals surface area contributed by atoms with Gasteiger partial charge < -0.3 is 10.2 Å². The second-order valence-corrected chi connectivity index (χ2v) is 12.6. The molecule has 2 amide bonds. The van der Waals surface area contributed by atoms with Crippen LogP contribution < -0.4 is 9.62 Å². The highest BCUT2D eigenvalue weighted by Crippen LogP contribution is 2.23.